The molecule has 29 heavy (non-hydrogen) atoms. The molecule has 1 aromatic heterocycles. The van der Waals surface area contributed by atoms with E-state index in [1.54, 1.807) is 30.3 Å². The molecule has 3 aromatic carbocycles. The molecule has 0 aliphatic heterocycles. The van der Waals surface area contributed by atoms with Gasteiger partial charge in [0.05, 0.1) is 4.90 Å². The van der Waals surface area contributed by atoms with Crippen molar-refractivity contribution >= 4 is 37.4 Å². The Balaban J connectivity index is 1.72. The SMILES string of the molecule is CN(C)CCc1c[nH]c2ccc(NS(=O)(=O)c3cccc4cccc(O)c34)cc12. The van der Waals surface area contributed by atoms with Gasteiger partial charge >= 0.3 is 0 Å². The second kappa shape index (κ2) is 7.42. The normalized spacial score (nSPS) is 12.1. The second-order valence-electron chi connectivity index (χ2n) is 7.36. The average Bonchev–Trinajstić information content (AvgIpc) is 3.08. The molecule has 0 saturated heterocycles. The Kier molecular flexibility index (Phi) is 4.94. The highest BCUT2D eigenvalue weighted by molar-refractivity contribution is 7.93. The molecule has 0 aliphatic carbocycles. The topological polar surface area (TPSA) is 85.4 Å². The van der Waals surface area contributed by atoms with Crippen LogP contribution in [0.25, 0.3) is 21.7 Å². The fraction of sp³-hybridized carbons (Fsp3) is 0.182. The molecule has 1 heterocycles. The van der Waals surface area contributed by atoms with Crippen LogP contribution in [0.5, 0.6) is 5.75 Å². The van der Waals surface area contributed by atoms with Gasteiger partial charge in [-0.3, -0.25) is 4.72 Å². The summed E-state index contributed by atoms with van der Waals surface area (Å²) in [5.74, 6) is -0.0597. The predicted molar refractivity (Wildman–Crippen MR) is 117 cm³/mol. The van der Waals surface area contributed by atoms with E-state index in [9.17, 15) is 13.5 Å². The van der Waals surface area contributed by atoms with Crippen molar-refractivity contribution in [2.75, 3.05) is 25.4 Å². The number of H-pyrrole nitrogens is 1. The number of hydrogen-bond acceptors (Lipinski definition) is 4. The summed E-state index contributed by atoms with van der Waals surface area (Å²) in [6.07, 6.45) is 2.83. The van der Waals surface area contributed by atoms with Crippen molar-refractivity contribution in [1.82, 2.24) is 9.88 Å². The number of nitrogens with zero attached hydrogens (tertiary/aromatic N) is 1. The number of nitrogens with one attached hydrogen (secondary N) is 2. The summed E-state index contributed by atoms with van der Waals surface area (Å²) in [6.45, 7) is 0.901. The van der Waals surface area contributed by atoms with Crippen molar-refractivity contribution in [3.8, 4) is 5.75 Å². The van der Waals surface area contributed by atoms with Gasteiger partial charge in [0, 0.05) is 34.7 Å². The highest BCUT2D eigenvalue weighted by atomic mass is 32.2. The third-order valence-corrected chi connectivity index (χ3v) is 6.41. The maximum absolute atomic E-state index is 13.1. The monoisotopic (exact) mass is 409 g/mol. The van der Waals surface area contributed by atoms with Crippen LogP contribution in [0.3, 0.4) is 0 Å². The summed E-state index contributed by atoms with van der Waals surface area (Å²) >= 11 is 0. The van der Waals surface area contributed by atoms with Crippen LogP contribution in [0, 0.1) is 0 Å². The van der Waals surface area contributed by atoms with Crippen molar-refractivity contribution in [3.63, 3.8) is 0 Å². The molecule has 0 atom stereocenters. The van der Waals surface area contributed by atoms with E-state index >= 15 is 0 Å². The molecule has 150 valence electrons. The molecule has 0 amide bonds. The van der Waals surface area contributed by atoms with E-state index in [2.05, 4.69) is 14.6 Å². The lowest BCUT2D eigenvalue weighted by Gasteiger charge is -2.12. The van der Waals surface area contributed by atoms with Gasteiger partial charge in [0.1, 0.15) is 5.75 Å². The second-order valence-corrected chi connectivity index (χ2v) is 9.02. The molecule has 0 bridgehead atoms. The molecule has 0 spiro atoms. The number of aromatic hydroxyl groups is 1. The lowest BCUT2D eigenvalue weighted by atomic mass is 10.1. The van der Waals surface area contributed by atoms with E-state index in [1.165, 1.54) is 12.1 Å². The third-order valence-electron chi connectivity index (χ3n) is 4.98. The zero-order chi connectivity index (χ0) is 20.6. The van der Waals surface area contributed by atoms with Crippen LogP contribution < -0.4 is 4.72 Å². The Labute approximate surface area is 169 Å². The van der Waals surface area contributed by atoms with E-state index in [0.717, 1.165) is 29.4 Å². The van der Waals surface area contributed by atoms with Crippen LogP contribution in [0.1, 0.15) is 5.56 Å². The summed E-state index contributed by atoms with van der Waals surface area (Å²) in [4.78, 5) is 5.40. The lowest BCUT2D eigenvalue weighted by Crippen LogP contribution is -2.15. The fourth-order valence-electron chi connectivity index (χ4n) is 3.51. The van der Waals surface area contributed by atoms with Crippen molar-refractivity contribution in [2.24, 2.45) is 0 Å². The van der Waals surface area contributed by atoms with Gasteiger partial charge in [0.2, 0.25) is 0 Å². The van der Waals surface area contributed by atoms with Crippen LogP contribution >= 0.6 is 0 Å². The van der Waals surface area contributed by atoms with Crippen LogP contribution in [0.4, 0.5) is 5.69 Å². The minimum atomic E-state index is -3.88. The first-order valence-electron chi connectivity index (χ1n) is 9.33. The number of phenolic OH excluding ortho intramolecular Hbond substituents is 1. The first-order chi connectivity index (χ1) is 13.8. The standard InChI is InChI=1S/C22H23N3O3S/c1-25(2)12-11-16-14-23-19-10-9-17(13-18(16)19)24-29(27,28)21-8-4-6-15-5-3-7-20(26)22(15)21/h3-10,13-14,23-24,26H,11-12H2,1-2H3. The molecule has 4 rings (SSSR count). The van der Waals surface area contributed by atoms with Crippen LogP contribution in [-0.4, -0.2) is 44.0 Å². The molecule has 0 saturated carbocycles. The quantitative estimate of drug-likeness (QED) is 0.450. The number of likely N-dealkylation sites (N-methyl/N-ethyl adjacent to an activating group) is 1. The Morgan fingerprint density at radius 1 is 1.07 bits per heavy atom. The smallest absolute Gasteiger partial charge is 0.262 e. The van der Waals surface area contributed by atoms with Gasteiger partial charge in [-0.25, -0.2) is 8.42 Å². The predicted octanol–water partition coefficient (Wildman–Crippen LogP) is 3.93. The number of anilines is 1. The van der Waals surface area contributed by atoms with E-state index < -0.39 is 10.0 Å². The zero-order valence-corrected chi connectivity index (χ0v) is 17.1. The van der Waals surface area contributed by atoms with Gasteiger partial charge < -0.3 is 15.0 Å². The van der Waals surface area contributed by atoms with E-state index in [1.807, 2.05) is 32.4 Å². The van der Waals surface area contributed by atoms with E-state index in [0.29, 0.717) is 16.5 Å². The third kappa shape index (κ3) is 3.79. The van der Waals surface area contributed by atoms with Gasteiger partial charge in [-0.05, 0) is 61.8 Å². The van der Waals surface area contributed by atoms with Gasteiger partial charge in [-0.15, -0.1) is 0 Å². The maximum atomic E-state index is 13.1. The first kappa shape index (κ1) is 19.3. The number of aromatic amines is 1. The Hall–Kier alpha value is -3.03. The number of sulfonamides is 1. The molecule has 0 aliphatic rings. The average molecular weight is 410 g/mol. The van der Waals surface area contributed by atoms with Gasteiger partial charge in [-0.1, -0.05) is 24.3 Å². The van der Waals surface area contributed by atoms with Gasteiger partial charge in [-0.2, -0.15) is 0 Å². The van der Waals surface area contributed by atoms with Crippen molar-refractivity contribution in [1.29, 1.82) is 0 Å². The fourth-order valence-corrected chi connectivity index (χ4v) is 4.81. The Morgan fingerprint density at radius 2 is 1.83 bits per heavy atom. The summed E-state index contributed by atoms with van der Waals surface area (Å²) in [6, 6.07) is 15.4. The van der Waals surface area contributed by atoms with Crippen LogP contribution in [0.15, 0.2) is 65.7 Å². The number of benzene rings is 3. The van der Waals surface area contributed by atoms with Crippen molar-refractivity contribution < 1.29 is 13.5 Å². The van der Waals surface area contributed by atoms with Crippen LogP contribution in [-0.2, 0) is 16.4 Å². The maximum Gasteiger partial charge on any atom is 0.262 e. The molecule has 6 nitrogen and oxygen atoms in total. The van der Waals surface area contributed by atoms with E-state index in [4.69, 9.17) is 0 Å². The number of aromatic nitrogens is 1. The van der Waals surface area contributed by atoms with Crippen molar-refractivity contribution in [2.45, 2.75) is 11.3 Å². The number of rotatable bonds is 6. The molecule has 3 N–H and O–H groups in total. The molecular formula is C22H23N3O3S. The highest BCUT2D eigenvalue weighted by Gasteiger charge is 2.20. The molecule has 0 fully saturated rings. The van der Waals surface area contributed by atoms with E-state index in [-0.39, 0.29) is 10.6 Å². The number of hydrogen-bond donors (Lipinski definition) is 3. The minimum Gasteiger partial charge on any atom is -0.507 e. The highest BCUT2D eigenvalue weighted by Crippen LogP contribution is 2.32. The first-order valence-corrected chi connectivity index (χ1v) is 10.8. The van der Waals surface area contributed by atoms with Crippen molar-refractivity contribution in [3.05, 3.63) is 66.4 Å². The largest absolute Gasteiger partial charge is 0.507 e. The number of fused-ring (bicyclic) bond motifs is 2. The lowest BCUT2D eigenvalue weighted by molar-refractivity contribution is 0.414. The van der Waals surface area contributed by atoms with Crippen LogP contribution in [0.2, 0.25) is 0 Å². The summed E-state index contributed by atoms with van der Waals surface area (Å²) < 4.78 is 28.9. The Morgan fingerprint density at radius 3 is 2.59 bits per heavy atom. The molecule has 0 radical (unpaired) electrons. The minimum absolute atomic E-state index is 0.0510. The summed E-state index contributed by atoms with van der Waals surface area (Å²) in [5, 5.41) is 12.2. The Bertz CT molecular complexity index is 1290. The number of phenols is 1. The zero-order valence-electron chi connectivity index (χ0n) is 16.3. The molecule has 7 heteroatoms. The summed E-state index contributed by atoms with van der Waals surface area (Å²) in [7, 11) is 0.163. The van der Waals surface area contributed by atoms with Gasteiger partial charge in [0.15, 0.2) is 0 Å². The molecule has 0 unspecified atom stereocenters. The molecular weight excluding hydrogens is 386 g/mol. The van der Waals surface area contributed by atoms with Gasteiger partial charge in [0.25, 0.3) is 10.0 Å². The summed E-state index contributed by atoms with van der Waals surface area (Å²) in [5.41, 5.74) is 2.58. The molecule has 4 aromatic rings.